The van der Waals surface area contributed by atoms with Crippen molar-refractivity contribution in [2.45, 2.75) is 44.6 Å². The molecule has 0 bridgehead atoms. The molecule has 0 rings (SSSR count). The summed E-state index contributed by atoms with van der Waals surface area (Å²) >= 11 is 0. The minimum absolute atomic E-state index is 0. The topological polar surface area (TPSA) is 0 Å². The second kappa shape index (κ2) is 15900. The van der Waals surface area contributed by atoms with Crippen molar-refractivity contribution < 1.29 is 0 Å². The van der Waals surface area contributed by atoms with Gasteiger partial charge < -0.3 is 0 Å². The van der Waals surface area contributed by atoms with Crippen LogP contribution in [0.5, 0.6) is 0 Å². The second-order valence-electron chi connectivity index (χ2n) is 0. The average Bonchev–Trinajstić information content (AvgIpc) is 0. The van der Waals surface area contributed by atoms with E-state index in [0.29, 0.717) is 0 Å². The highest BCUT2D eigenvalue weighted by Gasteiger charge is 0.00116. The smallest absolute Gasteiger partial charge is 0 e. The highest BCUT2D eigenvalue weighted by atomic mass is 12.0. The third-order valence-corrected chi connectivity index (χ3v) is 0. The van der Waals surface area contributed by atoms with E-state index >= 15 is 0 Å². The van der Waals surface area contributed by atoms with E-state index in [9.17, 15) is 0 Å². The van der Waals surface area contributed by atoms with Crippen LogP contribution >= 0.6 is 0 Å². The van der Waals surface area contributed by atoms with E-state index in [4.69, 9.17) is 0 Å². The molecule has 0 heterocycles. The van der Waals surface area contributed by atoms with Crippen molar-refractivity contribution in [1.29, 1.82) is 0 Å². The summed E-state index contributed by atoms with van der Waals surface area (Å²) in [5, 5.41) is 0. The van der Waals surface area contributed by atoms with Crippen LogP contribution in [-0.2, 0) is 0 Å². The van der Waals surface area contributed by atoms with Gasteiger partial charge >= 0.3 is 0 Å². The van der Waals surface area contributed by atoms with E-state index in [2.05, 4.69) is 0 Å². The van der Waals surface area contributed by atoms with Crippen LogP contribution in [0.15, 0.2) is 0 Å². The van der Waals surface area contributed by atoms with Gasteiger partial charge in [-0.2, -0.15) is 0 Å². The fraction of sp³-hybridized carbons (Fsp3) is 1.00. The maximum atomic E-state index is 0. The first-order valence-corrected chi connectivity index (χ1v) is 0. The number of hydrogen-bond acceptors (Lipinski definition) is 0. The lowest BCUT2D eigenvalue weighted by Crippen LogP contribution is -0.382. The van der Waals surface area contributed by atoms with Crippen LogP contribution in [0.1, 0.15) is 44.6 Å². The van der Waals surface area contributed by atoms with Gasteiger partial charge in [0, 0.05) is 16.8 Å². The fourth-order valence-corrected chi connectivity index (χ4v) is 0. The molecule has 2 heteroatoms. The molecule has 0 spiro atoms. The van der Waals surface area contributed by atoms with Gasteiger partial charge in [-0.15, -0.1) is 0 Å². The Balaban J connectivity index is 0. The fourth-order valence-electron chi connectivity index (χ4n) is 0. The van der Waals surface area contributed by atoms with E-state index in [1.165, 1.54) is 0 Å². The molecule has 0 fully saturated rings. The molecule has 8 heavy (non-hydrogen) atoms. The van der Waals surface area contributed by atoms with Gasteiger partial charge in [0.05, 0.1) is 0 Å². The van der Waals surface area contributed by atoms with Gasteiger partial charge in [0.1, 0.15) is 0 Å². The van der Waals surface area contributed by atoms with E-state index in [1.54, 1.807) is 0 Å². The SMILES string of the molecule is C.C.C.C.C.C.[B].[B]. The first kappa shape index (κ1) is 24500. The van der Waals surface area contributed by atoms with Crippen LogP contribution in [0.2, 0.25) is 0 Å². The summed E-state index contributed by atoms with van der Waals surface area (Å²) in [6.45, 7) is 0. The highest BCUT2D eigenvalue weighted by molar-refractivity contribution is 5.76. The maximum Gasteiger partial charge on any atom is 0 e. The molecular formula is C6H24B2. The third-order valence-electron chi connectivity index (χ3n) is 0. The predicted molar refractivity (Wildman–Crippen MR) is 51.9 cm³/mol. The van der Waals surface area contributed by atoms with Crippen LogP contribution in [0.25, 0.3) is 0 Å². The van der Waals surface area contributed by atoms with Crippen LogP contribution in [0.4, 0.5) is 0 Å². The summed E-state index contributed by atoms with van der Waals surface area (Å²) in [5.74, 6) is 0. The van der Waals surface area contributed by atoms with E-state index in [0.717, 1.165) is 0 Å². The Morgan fingerprint density at radius 1 is 0.250 bits per heavy atom. The zero-order valence-electron chi connectivity index (χ0n) is 1.15. The van der Waals surface area contributed by atoms with Crippen molar-refractivity contribution in [2.24, 2.45) is 0 Å². The second-order valence-corrected chi connectivity index (χ2v) is 0. The molecule has 0 unspecified atom stereocenters. The quantitative estimate of drug-likeness (QED) is 0.428. The lowest BCUT2D eigenvalue weighted by molar-refractivity contribution is 2.50. The standard InChI is InChI=1S/6CH4.2B/h6*1H4;;. The van der Waals surface area contributed by atoms with Crippen LogP contribution < -0.4 is 0 Å². The van der Waals surface area contributed by atoms with Crippen molar-refractivity contribution in [1.82, 2.24) is 0 Å². The third kappa shape index (κ3) is 9560. The molecule has 0 amide bonds. The summed E-state index contributed by atoms with van der Waals surface area (Å²) < 4.78 is 0. The van der Waals surface area contributed by atoms with Crippen LogP contribution in [-0.4, -0.2) is 16.8 Å². The predicted octanol–water partition coefficient (Wildman–Crippen LogP) is 3.06. The summed E-state index contributed by atoms with van der Waals surface area (Å²) in [7, 11) is 0. The van der Waals surface area contributed by atoms with E-state index < -0.39 is 0 Å². The Hall–Kier alpha value is 0.130. The molecule has 0 aliphatic carbocycles. The van der Waals surface area contributed by atoms with Gasteiger partial charge in [-0.25, -0.2) is 0 Å². The molecule has 54 valence electrons. The molecule has 6 radical (unpaired) electrons. The van der Waals surface area contributed by atoms with E-state index in [1.807, 2.05) is 0 Å². The Morgan fingerprint density at radius 2 is 0.250 bits per heavy atom. The largest absolute Gasteiger partial charge is 0.0776 e. The Kier molecular flexibility index (Phi) is 48700000. The lowest BCUT2D eigenvalue weighted by atomic mass is 10.8. The lowest BCUT2D eigenvalue weighted by Gasteiger charge is -0.0786. The summed E-state index contributed by atoms with van der Waals surface area (Å²) in [5.41, 5.74) is 0. The Bertz CT molecular complexity index is 6.49. The zero-order valence-corrected chi connectivity index (χ0v) is 1.15. The van der Waals surface area contributed by atoms with E-state index in [-0.39, 0.29) is 61.4 Å². The van der Waals surface area contributed by atoms with Gasteiger partial charge in [-0.3, -0.25) is 0 Å². The summed E-state index contributed by atoms with van der Waals surface area (Å²) in [6, 6.07) is 0. The molecule has 0 aromatic carbocycles. The van der Waals surface area contributed by atoms with Crippen molar-refractivity contribution >= 4 is 16.8 Å². The first-order chi connectivity index (χ1) is 0. The van der Waals surface area contributed by atoms with Gasteiger partial charge in [0.25, 0.3) is 0 Å². The Labute approximate surface area is 62.2 Å². The van der Waals surface area contributed by atoms with Crippen molar-refractivity contribution in [3.63, 3.8) is 0 Å². The molecule has 0 aliphatic rings. The summed E-state index contributed by atoms with van der Waals surface area (Å²) in [6.07, 6.45) is 0. The molecule has 0 nitrogen and oxygen atoms in total. The van der Waals surface area contributed by atoms with Crippen LogP contribution in [0, 0.1) is 0 Å². The molecule has 0 atom stereocenters. The number of hydrogen-bond donors (Lipinski definition) is 0. The van der Waals surface area contributed by atoms with Crippen molar-refractivity contribution in [2.75, 3.05) is 0 Å². The molecule has 0 aromatic rings. The average molecular weight is 118 g/mol. The minimum Gasteiger partial charge on any atom is -0.0776 e. The molecule has 0 saturated heterocycles. The molecule has 0 saturated carbocycles. The Morgan fingerprint density at radius 3 is 0.250 bits per heavy atom. The highest BCUT2D eigenvalue weighted by Crippen LogP contribution is 0.149. The molecular weight excluding hydrogens is 93.7 g/mol. The molecule has 0 N–H and O–H groups in total. The monoisotopic (exact) mass is 118 g/mol. The maximum absolute atomic E-state index is 0. The first-order valence-electron chi connectivity index (χ1n) is 0. The van der Waals surface area contributed by atoms with Crippen LogP contribution in [0.3, 0.4) is 0 Å². The van der Waals surface area contributed by atoms with Gasteiger partial charge in [-0.1, -0.05) is 44.6 Å². The zero-order chi connectivity index (χ0) is 0. The summed E-state index contributed by atoms with van der Waals surface area (Å²) in [4.78, 5) is 0. The normalized spacial score (nSPS) is 0. The van der Waals surface area contributed by atoms with Crippen molar-refractivity contribution in [3.05, 3.63) is 0 Å². The molecule has 0 aromatic heterocycles. The van der Waals surface area contributed by atoms with Crippen molar-refractivity contribution in [3.8, 4) is 0 Å². The van der Waals surface area contributed by atoms with Gasteiger partial charge in [0.2, 0.25) is 0 Å². The van der Waals surface area contributed by atoms with Gasteiger partial charge in [-0.05, 0) is 0 Å². The number of rotatable bonds is 0. The minimum atomic E-state index is 0. The molecule has 0 aliphatic heterocycles. The van der Waals surface area contributed by atoms with Gasteiger partial charge in [0.15, 0.2) is 0 Å².